The number of thiophene rings is 1. The minimum absolute atomic E-state index is 0.202. The van der Waals surface area contributed by atoms with E-state index < -0.39 is 0 Å². The number of thioether (sulfide) groups is 1. The van der Waals surface area contributed by atoms with Gasteiger partial charge in [-0.05, 0) is 61.8 Å². The van der Waals surface area contributed by atoms with Gasteiger partial charge in [0.25, 0.3) is 5.91 Å². The van der Waals surface area contributed by atoms with Crippen molar-refractivity contribution in [2.24, 2.45) is 0 Å². The van der Waals surface area contributed by atoms with Gasteiger partial charge in [-0.15, -0.1) is 23.1 Å². The van der Waals surface area contributed by atoms with Crippen molar-refractivity contribution in [3.8, 4) is 0 Å². The van der Waals surface area contributed by atoms with Gasteiger partial charge in [-0.25, -0.2) is 4.79 Å². The molecule has 0 atom stereocenters. The van der Waals surface area contributed by atoms with Crippen molar-refractivity contribution in [2.75, 3.05) is 18.7 Å². The van der Waals surface area contributed by atoms with E-state index in [9.17, 15) is 9.59 Å². The highest BCUT2D eigenvalue weighted by Crippen LogP contribution is 2.38. The molecule has 1 aromatic heterocycles. The molecule has 0 radical (unpaired) electrons. The average molecular weight is 361 g/mol. The van der Waals surface area contributed by atoms with E-state index >= 15 is 0 Å². The van der Waals surface area contributed by atoms with Crippen LogP contribution in [0, 0.1) is 0 Å². The highest BCUT2D eigenvalue weighted by atomic mass is 32.2. The monoisotopic (exact) mass is 361 g/mol. The van der Waals surface area contributed by atoms with E-state index in [4.69, 9.17) is 4.74 Å². The van der Waals surface area contributed by atoms with Gasteiger partial charge >= 0.3 is 5.97 Å². The number of anilines is 1. The van der Waals surface area contributed by atoms with Crippen molar-refractivity contribution in [3.05, 3.63) is 45.8 Å². The van der Waals surface area contributed by atoms with Crippen molar-refractivity contribution < 1.29 is 14.3 Å². The zero-order valence-electron chi connectivity index (χ0n) is 13.7. The lowest BCUT2D eigenvalue weighted by Gasteiger charge is -2.11. The summed E-state index contributed by atoms with van der Waals surface area (Å²) in [6.45, 7) is 0. The Morgan fingerprint density at radius 3 is 2.54 bits per heavy atom. The number of methoxy groups -OCH3 is 1. The summed E-state index contributed by atoms with van der Waals surface area (Å²) in [4.78, 5) is 27.0. The quantitative estimate of drug-likeness (QED) is 0.648. The number of rotatable bonds is 4. The van der Waals surface area contributed by atoms with Crippen LogP contribution in [0.4, 0.5) is 5.00 Å². The van der Waals surface area contributed by atoms with Gasteiger partial charge in [0.05, 0.1) is 12.7 Å². The van der Waals surface area contributed by atoms with Crippen LogP contribution in [-0.2, 0) is 17.6 Å². The molecule has 1 aliphatic carbocycles. The first kappa shape index (κ1) is 17.0. The van der Waals surface area contributed by atoms with E-state index in [0.717, 1.165) is 36.1 Å². The van der Waals surface area contributed by atoms with E-state index in [2.05, 4.69) is 5.32 Å². The fourth-order valence-electron chi connectivity index (χ4n) is 2.89. The summed E-state index contributed by atoms with van der Waals surface area (Å²) in [6, 6.07) is 7.43. The second-order valence-corrected chi connectivity index (χ2v) is 7.57. The maximum Gasteiger partial charge on any atom is 0.341 e. The predicted octanol–water partition coefficient (Wildman–Crippen LogP) is 4.39. The van der Waals surface area contributed by atoms with E-state index in [1.165, 1.54) is 23.3 Å². The molecule has 0 fully saturated rings. The average Bonchev–Trinajstić information content (AvgIpc) is 2.98. The molecule has 1 amide bonds. The number of hydrogen-bond acceptors (Lipinski definition) is 5. The number of hydrogen-bond donors (Lipinski definition) is 1. The SMILES string of the molecule is COC(=O)c1c(NC(=O)c2ccc(SC)cc2)sc2c1CCCC2. The third-order valence-electron chi connectivity index (χ3n) is 4.14. The van der Waals surface area contributed by atoms with Crippen LogP contribution in [0.25, 0.3) is 0 Å². The van der Waals surface area contributed by atoms with Crippen LogP contribution in [0.3, 0.4) is 0 Å². The molecule has 1 N–H and O–H groups in total. The smallest absolute Gasteiger partial charge is 0.341 e. The first-order chi connectivity index (χ1) is 11.6. The lowest BCUT2D eigenvalue weighted by atomic mass is 9.95. The van der Waals surface area contributed by atoms with Crippen LogP contribution in [0.15, 0.2) is 29.2 Å². The first-order valence-electron chi connectivity index (χ1n) is 7.82. The van der Waals surface area contributed by atoms with Crippen molar-refractivity contribution in [1.82, 2.24) is 0 Å². The summed E-state index contributed by atoms with van der Waals surface area (Å²) >= 11 is 3.13. The van der Waals surface area contributed by atoms with Crippen LogP contribution in [0.2, 0.25) is 0 Å². The van der Waals surface area contributed by atoms with Crippen molar-refractivity contribution >= 4 is 40.0 Å². The number of nitrogens with one attached hydrogen (secondary N) is 1. The Kier molecular flexibility index (Phi) is 5.26. The second kappa shape index (κ2) is 7.40. The van der Waals surface area contributed by atoms with Gasteiger partial charge in [0.15, 0.2) is 0 Å². The maximum absolute atomic E-state index is 12.5. The number of carbonyl (C=O) groups is 2. The highest BCUT2D eigenvalue weighted by molar-refractivity contribution is 7.98. The fourth-order valence-corrected chi connectivity index (χ4v) is 4.57. The molecule has 6 heteroatoms. The molecule has 1 aromatic carbocycles. The third-order valence-corrected chi connectivity index (χ3v) is 6.09. The molecule has 24 heavy (non-hydrogen) atoms. The summed E-state index contributed by atoms with van der Waals surface area (Å²) in [6.07, 6.45) is 6.01. The molecular weight excluding hydrogens is 342 g/mol. The number of amides is 1. The van der Waals surface area contributed by atoms with Crippen molar-refractivity contribution in [1.29, 1.82) is 0 Å². The van der Waals surface area contributed by atoms with Crippen molar-refractivity contribution in [2.45, 2.75) is 30.6 Å². The number of aryl methyl sites for hydroxylation is 1. The maximum atomic E-state index is 12.5. The van der Waals surface area contributed by atoms with Crippen LogP contribution < -0.4 is 5.32 Å². The van der Waals surface area contributed by atoms with Gasteiger partial charge in [0.2, 0.25) is 0 Å². The lowest BCUT2D eigenvalue weighted by molar-refractivity contribution is 0.0601. The largest absolute Gasteiger partial charge is 0.465 e. The summed E-state index contributed by atoms with van der Waals surface area (Å²) in [5.74, 6) is -0.575. The van der Waals surface area contributed by atoms with Gasteiger partial charge in [-0.1, -0.05) is 0 Å². The number of benzene rings is 1. The summed E-state index contributed by atoms with van der Waals surface area (Å²) in [7, 11) is 1.38. The Labute approximate surface area is 149 Å². The zero-order valence-corrected chi connectivity index (χ0v) is 15.3. The Bertz CT molecular complexity index is 765. The van der Waals surface area contributed by atoms with Crippen molar-refractivity contribution in [3.63, 3.8) is 0 Å². The Morgan fingerprint density at radius 1 is 1.17 bits per heavy atom. The molecule has 0 saturated heterocycles. The Morgan fingerprint density at radius 2 is 1.88 bits per heavy atom. The fraction of sp³-hybridized carbons (Fsp3) is 0.333. The topological polar surface area (TPSA) is 55.4 Å². The van der Waals surface area contributed by atoms with Crippen LogP contribution in [-0.4, -0.2) is 25.2 Å². The van der Waals surface area contributed by atoms with E-state index in [1.807, 2.05) is 18.4 Å². The molecule has 2 aromatic rings. The highest BCUT2D eigenvalue weighted by Gasteiger charge is 2.27. The van der Waals surface area contributed by atoms with Gasteiger partial charge in [-0.3, -0.25) is 4.79 Å². The minimum Gasteiger partial charge on any atom is -0.465 e. The molecular formula is C18H19NO3S2. The van der Waals surface area contributed by atoms with Gasteiger partial charge < -0.3 is 10.1 Å². The number of fused-ring (bicyclic) bond motifs is 1. The zero-order chi connectivity index (χ0) is 17.1. The Hall–Kier alpha value is -1.79. The summed E-state index contributed by atoms with van der Waals surface area (Å²) in [5.41, 5.74) is 2.16. The van der Waals surface area contributed by atoms with Gasteiger partial charge in [0.1, 0.15) is 5.00 Å². The van der Waals surface area contributed by atoms with Gasteiger partial charge in [0, 0.05) is 15.3 Å². The number of esters is 1. The van der Waals surface area contributed by atoms with E-state index in [0.29, 0.717) is 16.1 Å². The molecule has 0 bridgehead atoms. The van der Waals surface area contributed by atoms with E-state index in [1.54, 1.807) is 23.9 Å². The van der Waals surface area contributed by atoms with Crippen LogP contribution >= 0.6 is 23.1 Å². The number of ether oxygens (including phenoxy) is 1. The molecule has 0 aliphatic heterocycles. The molecule has 0 spiro atoms. The molecule has 3 rings (SSSR count). The molecule has 0 saturated carbocycles. The van der Waals surface area contributed by atoms with E-state index in [-0.39, 0.29) is 11.9 Å². The lowest BCUT2D eigenvalue weighted by Crippen LogP contribution is -2.15. The summed E-state index contributed by atoms with van der Waals surface area (Å²) < 4.78 is 4.93. The minimum atomic E-state index is -0.373. The molecule has 126 valence electrons. The second-order valence-electron chi connectivity index (χ2n) is 5.59. The first-order valence-corrected chi connectivity index (χ1v) is 9.86. The standard InChI is InChI=1S/C18H19NO3S2/c1-22-18(21)15-13-5-3-4-6-14(13)24-17(15)19-16(20)11-7-9-12(23-2)10-8-11/h7-10H,3-6H2,1-2H3,(H,19,20). The third kappa shape index (κ3) is 3.35. The van der Waals surface area contributed by atoms with Gasteiger partial charge in [-0.2, -0.15) is 0 Å². The molecule has 0 unspecified atom stereocenters. The number of carbonyl (C=O) groups excluding carboxylic acids is 2. The summed E-state index contributed by atoms with van der Waals surface area (Å²) in [5, 5.41) is 3.51. The van der Waals surface area contributed by atoms with Crippen LogP contribution in [0.1, 0.15) is 44.0 Å². The Balaban J connectivity index is 1.89. The normalized spacial score (nSPS) is 13.2. The molecule has 1 aliphatic rings. The van der Waals surface area contributed by atoms with Crippen LogP contribution in [0.5, 0.6) is 0 Å². The molecule has 1 heterocycles. The predicted molar refractivity (Wildman–Crippen MR) is 98.5 cm³/mol. The molecule has 4 nitrogen and oxygen atoms in total.